The number of hydrogen-bond acceptors (Lipinski definition) is 8. The minimum atomic E-state index is -1.07. The van der Waals surface area contributed by atoms with Gasteiger partial charge in [-0.2, -0.15) is 0 Å². The molecule has 0 aromatic heterocycles. The molecule has 1 heterocycles. The van der Waals surface area contributed by atoms with Crippen molar-refractivity contribution >= 4 is 23.3 Å². The minimum Gasteiger partial charge on any atom is -0.461 e. The zero-order chi connectivity index (χ0) is 27.9. The van der Waals surface area contributed by atoms with Crippen molar-refractivity contribution in [3.8, 4) is 5.75 Å². The fourth-order valence-electron chi connectivity index (χ4n) is 3.71. The number of rotatable bonds is 12. The summed E-state index contributed by atoms with van der Waals surface area (Å²) >= 11 is 0. The second-order valence-corrected chi connectivity index (χ2v) is 10.8. The number of ether oxygens (including phenoxy) is 3. The van der Waals surface area contributed by atoms with E-state index in [1.165, 1.54) is 11.0 Å². The molecule has 2 amide bonds. The molecule has 10 nitrogen and oxygen atoms in total. The number of Topliss-reactive ketones (excluding diaryl/α,β-unsaturated/α-hetero) is 1. The van der Waals surface area contributed by atoms with Crippen molar-refractivity contribution in [3.63, 3.8) is 0 Å². The number of hydrogen-bond donors (Lipinski definition) is 3. The second kappa shape index (κ2) is 13.3. The molecule has 1 fully saturated rings. The van der Waals surface area contributed by atoms with E-state index in [2.05, 4.69) is 5.32 Å². The Balaban J connectivity index is 2.04. The molecule has 1 aromatic rings. The predicted octanol–water partition coefficient (Wildman–Crippen LogP) is 2.96. The van der Waals surface area contributed by atoms with Crippen LogP contribution < -0.4 is 10.1 Å². The van der Waals surface area contributed by atoms with E-state index in [0.29, 0.717) is 17.7 Å². The van der Waals surface area contributed by atoms with Gasteiger partial charge in [-0.25, -0.2) is 0 Å². The van der Waals surface area contributed by atoms with E-state index in [4.69, 9.17) is 14.2 Å². The molecule has 1 saturated heterocycles. The number of nitrogens with one attached hydrogen (secondary N) is 1. The molecule has 0 saturated carbocycles. The zero-order valence-electron chi connectivity index (χ0n) is 22.9. The van der Waals surface area contributed by atoms with Crippen LogP contribution in [0.3, 0.4) is 0 Å². The van der Waals surface area contributed by atoms with Gasteiger partial charge in [-0.3, -0.25) is 14.4 Å². The molecule has 0 aliphatic carbocycles. The Labute approximate surface area is 219 Å². The van der Waals surface area contributed by atoms with Crippen LogP contribution in [0.15, 0.2) is 18.2 Å². The van der Waals surface area contributed by atoms with Crippen molar-refractivity contribution in [2.45, 2.75) is 84.9 Å². The van der Waals surface area contributed by atoms with Gasteiger partial charge in [-0.05, 0) is 32.4 Å². The van der Waals surface area contributed by atoms with Gasteiger partial charge in [0, 0.05) is 43.5 Å². The van der Waals surface area contributed by atoms with Crippen LogP contribution in [0.25, 0.3) is 0 Å². The number of anilines is 1. The minimum absolute atomic E-state index is 0.00485. The van der Waals surface area contributed by atoms with Crippen molar-refractivity contribution in [1.82, 2.24) is 4.90 Å². The van der Waals surface area contributed by atoms with Gasteiger partial charge in [0.1, 0.15) is 18.6 Å². The van der Waals surface area contributed by atoms with E-state index in [1.54, 1.807) is 33.0 Å². The number of aliphatic hydroxyl groups is 2. The Morgan fingerprint density at radius 3 is 2.43 bits per heavy atom. The predicted molar refractivity (Wildman–Crippen MR) is 138 cm³/mol. The molecule has 1 aliphatic rings. The van der Waals surface area contributed by atoms with Crippen LogP contribution in [0.4, 0.5) is 5.69 Å². The highest BCUT2D eigenvalue weighted by atomic mass is 16.7. The normalized spacial score (nSPS) is 20.1. The molecule has 3 unspecified atom stereocenters. The monoisotopic (exact) mass is 522 g/mol. The highest BCUT2D eigenvalue weighted by Gasteiger charge is 2.32. The topological polar surface area (TPSA) is 135 Å². The van der Waals surface area contributed by atoms with Crippen LogP contribution in [0.2, 0.25) is 0 Å². The van der Waals surface area contributed by atoms with Crippen LogP contribution in [0.1, 0.15) is 71.2 Å². The third-order valence-corrected chi connectivity index (χ3v) is 6.05. The van der Waals surface area contributed by atoms with Gasteiger partial charge < -0.3 is 34.6 Å². The van der Waals surface area contributed by atoms with E-state index in [-0.39, 0.29) is 61.4 Å². The lowest BCUT2D eigenvalue weighted by Crippen LogP contribution is -2.44. The molecule has 2 rings (SSSR count). The Bertz CT molecular complexity index is 946. The van der Waals surface area contributed by atoms with Crippen LogP contribution in [-0.4, -0.2) is 77.2 Å². The van der Waals surface area contributed by atoms with Crippen LogP contribution in [0.5, 0.6) is 5.75 Å². The Morgan fingerprint density at radius 1 is 1.16 bits per heavy atom. The molecule has 3 atom stereocenters. The molecule has 1 aromatic carbocycles. The summed E-state index contributed by atoms with van der Waals surface area (Å²) in [5.41, 5.74) is 0.0973. The fraction of sp³-hybridized carbons (Fsp3) is 0.667. The molecule has 0 bridgehead atoms. The molecular weight excluding hydrogens is 480 g/mol. The number of amides is 2. The summed E-state index contributed by atoms with van der Waals surface area (Å²) in [5, 5.41) is 22.7. The lowest BCUT2D eigenvalue weighted by Gasteiger charge is -2.31. The Morgan fingerprint density at radius 2 is 1.84 bits per heavy atom. The van der Waals surface area contributed by atoms with Gasteiger partial charge in [0.15, 0.2) is 5.78 Å². The van der Waals surface area contributed by atoms with Gasteiger partial charge in [0.25, 0.3) is 0 Å². The molecule has 0 spiro atoms. The molecule has 208 valence electrons. The maximum Gasteiger partial charge on any atom is 0.226 e. The van der Waals surface area contributed by atoms with E-state index < -0.39 is 24.1 Å². The summed E-state index contributed by atoms with van der Waals surface area (Å²) in [6.45, 7) is 11.0. The van der Waals surface area contributed by atoms with Crippen LogP contribution in [-0.2, 0) is 19.1 Å². The Hall–Kier alpha value is -2.53. The number of carbonyl (C=O) groups is 3. The van der Waals surface area contributed by atoms with Gasteiger partial charge in [0.2, 0.25) is 18.1 Å². The van der Waals surface area contributed by atoms with Crippen molar-refractivity contribution in [3.05, 3.63) is 23.8 Å². The third kappa shape index (κ3) is 9.37. The highest BCUT2D eigenvalue weighted by Crippen LogP contribution is 2.29. The van der Waals surface area contributed by atoms with Crippen molar-refractivity contribution < 1.29 is 38.8 Å². The average molecular weight is 523 g/mol. The molecule has 1 aliphatic heterocycles. The average Bonchev–Trinajstić information content (AvgIpc) is 2.82. The summed E-state index contributed by atoms with van der Waals surface area (Å²) in [6.07, 6.45) is -2.23. The first-order valence-electron chi connectivity index (χ1n) is 12.7. The summed E-state index contributed by atoms with van der Waals surface area (Å²) in [4.78, 5) is 39.0. The maximum atomic E-state index is 12.7. The summed E-state index contributed by atoms with van der Waals surface area (Å²) in [5.74, 6) is -0.670. The van der Waals surface area contributed by atoms with E-state index >= 15 is 0 Å². The molecule has 0 radical (unpaired) electrons. The molecule has 37 heavy (non-hydrogen) atoms. The first-order chi connectivity index (χ1) is 17.2. The molecule has 10 heteroatoms. The van der Waals surface area contributed by atoms with Crippen molar-refractivity contribution in [2.75, 3.05) is 25.7 Å². The number of benzene rings is 1. The summed E-state index contributed by atoms with van der Waals surface area (Å²) in [7, 11) is 1.68. The SMILES string of the molecule is CC(C)C(=O)c1ccc(NC(=O)CCC(C)(C)OCN(C)C(=O)C(C)C)cc1OC1OCC(O)CC1O. The number of carbonyl (C=O) groups excluding carboxylic acids is 3. The van der Waals surface area contributed by atoms with Crippen molar-refractivity contribution in [2.24, 2.45) is 11.8 Å². The van der Waals surface area contributed by atoms with Crippen LogP contribution >= 0.6 is 0 Å². The number of nitrogens with zero attached hydrogens (tertiary/aromatic N) is 1. The third-order valence-electron chi connectivity index (χ3n) is 6.05. The fourth-order valence-corrected chi connectivity index (χ4v) is 3.71. The highest BCUT2D eigenvalue weighted by molar-refractivity contribution is 6.01. The van der Waals surface area contributed by atoms with E-state index in [9.17, 15) is 24.6 Å². The van der Waals surface area contributed by atoms with Gasteiger partial charge in [0.05, 0.1) is 23.9 Å². The quantitative estimate of drug-likeness (QED) is 0.282. The number of aliphatic hydroxyl groups excluding tert-OH is 2. The van der Waals surface area contributed by atoms with Gasteiger partial charge >= 0.3 is 0 Å². The first-order valence-corrected chi connectivity index (χ1v) is 12.7. The van der Waals surface area contributed by atoms with Gasteiger partial charge in [-0.1, -0.05) is 27.7 Å². The van der Waals surface area contributed by atoms with E-state index in [0.717, 1.165) is 0 Å². The zero-order valence-corrected chi connectivity index (χ0v) is 22.9. The number of ketones is 1. The summed E-state index contributed by atoms with van der Waals surface area (Å²) < 4.78 is 17.1. The van der Waals surface area contributed by atoms with Crippen molar-refractivity contribution in [1.29, 1.82) is 0 Å². The standard InChI is InChI=1S/C27H42N2O8/c1-16(2)24(33)20-9-8-18(12-22(20)37-26-21(31)13-19(30)14-35-26)28-23(32)10-11-27(5,6)36-15-29(7)25(34)17(3)4/h8-9,12,16-17,19,21,26,30-31H,10-11,13-15H2,1-7H3,(H,28,32). The molecule has 3 N–H and O–H groups in total. The first kappa shape index (κ1) is 30.7. The lowest BCUT2D eigenvalue weighted by atomic mass is 9.99. The lowest BCUT2D eigenvalue weighted by molar-refractivity contribution is -0.198. The van der Waals surface area contributed by atoms with E-state index in [1.807, 2.05) is 27.7 Å². The smallest absolute Gasteiger partial charge is 0.226 e. The van der Waals surface area contributed by atoms with Crippen LogP contribution in [0, 0.1) is 11.8 Å². The largest absolute Gasteiger partial charge is 0.461 e. The maximum absolute atomic E-state index is 12.7. The van der Waals surface area contributed by atoms with Gasteiger partial charge in [-0.15, -0.1) is 0 Å². The molecular formula is C27H42N2O8. The summed E-state index contributed by atoms with van der Waals surface area (Å²) in [6, 6.07) is 4.73. The second-order valence-electron chi connectivity index (χ2n) is 10.8. The Kier molecular flexibility index (Phi) is 11.0.